The molecule has 1 fully saturated rings. The summed E-state index contributed by atoms with van der Waals surface area (Å²) in [6.07, 6.45) is 3.92. The number of nitrogens with zero attached hydrogens (tertiary/aromatic N) is 2. The van der Waals surface area contributed by atoms with E-state index in [1.54, 1.807) is 16.9 Å². The topological polar surface area (TPSA) is 79.2 Å². The summed E-state index contributed by atoms with van der Waals surface area (Å²) in [5.74, 6) is 0.348. The summed E-state index contributed by atoms with van der Waals surface area (Å²) in [5, 5.41) is 20.1. The number of hydrogen-bond acceptors (Lipinski definition) is 3. The van der Waals surface area contributed by atoms with E-state index in [9.17, 15) is 9.90 Å². The molecule has 128 valence electrons. The van der Waals surface area contributed by atoms with Gasteiger partial charge in [-0.3, -0.25) is 0 Å². The molecule has 6 nitrogen and oxygen atoms in total. The van der Waals surface area contributed by atoms with Crippen LogP contribution in [0, 0.1) is 12.8 Å². The Balaban J connectivity index is 1.60. The minimum absolute atomic E-state index is 0.224. The molecule has 1 aromatic carbocycles. The fraction of sp³-hybridized carbons (Fsp3) is 0.412. The average molecular weight is 349 g/mol. The molecule has 7 heteroatoms. The van der Waals surface area contributed by atoms with Gasteiger partial charge in [0, 0.05) is 11.6 Å². The maximum atomic E-state index is 12.1. The highest BCUT2D eigenvalue weighted by atomic mass is 35.5. The third-order valence-electron chi connectivity index (χ3n) is 4.38. The number of nitrogens with one attached hydrogen (secondary N) is 2. The lowest BCUT2D eigenvalue weighted by atomic mass is 10.1. The van der Waals surface area contributed by atoms with Crippen LogP contribution in [-0.2, 0) is 0 Å². The molecule has 0 aliphatic heterocycles. The standard InChI is InChI=1S/C17H21ClN4O2/c1-11-16(10-20-22(11)14-4-2-3-13(18)8-14)21-17(24)19-9-12-5-6-15(23)7-12/h2-4,8,10,12,15,23H,5-7,9H2,1H3,(H2,19,21,24). The second-order valence-corrected chi connectivity index (χ2v) is 6.64. The van der Waals surface area contributed by atoms with Crippen molar-refractivity contribution in [3.8, 4) is 5.69 Å². The van der Waals surface area contributed by atoms with Gasteiger partial charge in [0.25, 0.3) is 0 Å². The molecular formula is C17H21ClN4O2. The van der Waals surface area contributed by atoms with Crippen molar-refractivity contribution in [2.24, 2.45) is 5.92 Å². The minimum Gasteiger partial charge on any atom is -0.393 e. The number of hydrogen-bond donors (Lipinski definition) is 3. The summed E-state index contributed by atoms with van der Waals surface area (Å²) in [6, 6.07) is 7.12. The molecule has 1 aromatic heterocycles. The highest BCUT2D eigenvalue weighted by Crippen LogP contribution is 2.24. The van der Waals surface area contributed by atoms with Crippen LogP contribution in [0.4, 0.5) is 10.5 Å². The second-order valence-electron chi connectivity index (χ2n) is 6.20. The number of rotatable bonds is 4. The molecule has 24 heavy (non-hydrogen) atoms. The lowest BCUT2D eigenvalue weighted by Crippen LogP contribution is -2.32. The zero-order valence-corrected chi connectivity index (χ0v) is 14.3. The maximum Gasteiger partial charge on any atom is 0.319 e. The Morgan fingerprint density at radius 2 is 2.29 bits per heavy atom. The molecule has 0 radical (unpaired) electrons. The van der Waals surface area contributed by atoms with Crippen molar-refractivity contribution in [1.82, 2.24) is 15.1 Å². The van der Waals surface area contributed by atoms with Crippen molar-refractivity contribution in [2.75, 3.05) is 11.9 Å². The summed E-state index contributed by atoms with van der Waals surface area (Å²) in [4.78, 5) is 12.1. The number of aliphatic hydroxyl groups is 1. The van der Waals surface area contributed by atoms with Crippen LogP contribution in [0.5, 0.6) is 0 Å². The average Bonchev–Trinajstić information content (AvgIpc) is 3.12. The van der Waals surface area contributed by atoms with Gasteiger partial charge in [-0.25, -0.2) is 9.48 Å². The van der Waals surface area contributed by atoms with Gasteiger partial charge in [-0.05, 0) is 50.3 Å². The monoisotopic (exact) mass is 348 g/mol. The molecule has 1 aliphatic rings. The summed E-state index contributed by atoms with van der Waals surface area (Å²) in [5.41, 5.74) is 2.32. The van der Waals surface area contributed by atoms with Crippen LogP contribution in [0.25, 0.3) is 5.69 Å². The van der Waals surface area contributed by atoms with E-state index in [1.807, 2.05) is 25.1 Å². The number of aliphatic hydroxyl groups excluding tert-OH is 1. The first kappa shape index (κ1) is 16.8. The first-order valence-corrected chi connectivity index (χ1v) is 8.44. The number of anilines is 1. The summed E-state index contributed by atoms with van der Waals surface area (Å²) >= 11 is 6.01. The van der Waals surface area contributed by atoms with Gasteiger partial charge in [0.1, 0.15) is 0 Å². The van der Waals surface area contributed by atoms with Crippen LogP contribution >= 0.6 is 11.6 Å². The first-order valence-electron chi connectivity index (χ1n) is 8.06. The third-order valence-corrected chi connectivity index (χ3v) is 4.61. The van der Waals surface area contributed by atoms with Crippen molar-refractivity contribution in [2.45, 2.75) is 32.3 Å². The van der Waals surface area contributed by atoms with E-state index >= 15 is 0 Å². The molecule has 2 aromatic rings. The van der Waals surface area contributed by atoms with Crippen molar-refractivity contribution in [3.05, 3.63) is 41.2 Å². The third kappa shape index (κ3) is 3.88. The van der Waals surface area contributed by atoms with Gasteiger partial charge in [0.2, 0.25) is 0 Å². The largest absolute Gasteiger partial charge is 0.393 e. The molecule has 3 rings (SSSR count). The van der Waals surface area contributed by atoms with E-state index in [0.717, 1.165) is 30.6 Å². The number of halogens is 1. The van der Waals surface area contributed by atoms with Gasteiger partial charge >= 0.3 is 6.03 Å². The molecule has 1 saturated carbocycles. The van der Waals surface area contributed by atoms with Crippen LogP contribution < -0.4 is 10.6 Å². The van der Waals surface area contributed by atoms with Gasteiger partial charge in [0.05, 0.1) is 29.4 Å². The molecule has 0 saturated heterocycles. The zero-order chi connectivity index (χ0) is 17.1. The van der Waals surface area contributed by atoms with E-state index in [2.05, 4.69) is 15.7 Å². The summed E-state index contributed by atoms with van der Waals surface area (Å²) in [6.45, 7) is 2.46. The number of benzene rings is 1. The van der Waals surface area contributed by atoms with Gasteiger partial charge in [0.15, 0.2) is 0 Å². The highest BCUT2D eigenvalue weighted by molar-refractivity contribution is 6.30. The summed E-state index contributed by atoms with van der Waals surface area (Å²) < 4.78 is 1.73. The molecule has 2 amide bonds. The molecule has 0 bridgehead atoms. The predicted molar refractivity (Wildman–Crippen MR) is 93.7 cm³/mol. The smallest absolute Gasteiger partial charge is 0.319 e. The fourth-order valence-corrected chi connectivity index (χ4v) is 3.22. The Labute approximate surface area is 145 Å². The molecular weight excluding hydrogens is 328 g/mol. The van der Waals surface area contributed by atoms with E-state index in [1.165, 1.54) is 0 Å². The second kappa shape index (κ2) is 7.23. The van der Waals surface area contributed by atoms with Crippen LogP contribution in [0.1, 0.15) is 25.0 Å². The lowest BCUT2D eigenvalue weighted by molar-refractivity contribution is 0.177. The van der Waals surface area contributed by atoms with E-state index in [4.69, 9.17) is 11.6 Å². The normalized spacial score (nSPS) is 20.1. The van der Waals surface area contributed by atoms with Crippen molar-refractivity contribution < 1.29 is 9.90 Å². The number of carbonyl (C=O) groups excluding carboxylic acids is 1. The van der Waals surface area contributed by atoms with Crippen LogP contribution in [-0.4, -0.2) is 33.6 Å². The van der Waals surface area contributed by atoms with Crippen molar-refractivity contribution in [1.29, 1.82) is 0 Å². The van der Waals surface area contributed by atoms with Crippen LogP contribution in [0.2, 0.25) is 5.02 Å². The predicted octanol–water partition coefficient (Wildman–Crippen LogP) is 3.12. The van der Waals surface area contributed by atoms with Gasteiger partial charge in [-0.2, -0.15) is 5.10 Å². The Hall–Kier alpha value is -2.05. The number of carbonyl (C=O) groups is 1. The molecule has 1 heterocycles. The van der Waals surface area contributed by atoms with E-state index in [0.29, 0.717) is 23.2 Å². The SMILES string of the molecule is Cc1c(NC(=O)NCC2CCC(O)C2)cnn1-c1cccc(Cl)c1. The lowest BCUT2D eigenvalue weighted by Gasteiger charge is -2.12. The quantitative estimate of drug-likeness (QED) is 0.794. The fourth-order valence-electron chi connectivity index (χ4n) is 3.04. The van der Waals surface area contributed by atoms with E-state index in [-0.39, 0.29) is 12.1 Å². The molecule has 0 spiro atoms. The molecule has 2 atom stereocenters. The van der Waals surface area contributed by atoms with Crippen LogP contribution in [0.15, 0.2) is 30.5 Å². The molecule has 2 unspecified atom stereocenters. The summed E-state index contributed by atoms with van der Waals surface area (Å²) in [7, 11) is 0. The maximum absolute atomic E-state index is 12.1. The number of urea groups is 1. The minimum atomic E-state index is -0.259. The van der Waals surface area contributed by atoms with Gasteiger partial charge in [-0.1, -0.05) is 17.7 Å². The molecule has 1 aliphatic carbocycles. The van der Waals surface area contributed by atoms with Crippen molar-refractivity contribution in [3.63, 3.8) is 0 Å². The zero-order valence-electron chi connectivity index (χ0n) is 13.5. The number of amides is 2. The Morgan fingerprint density at radius 1 is 1.46 bits per heavy atom. The van der Waals surface area contributed by atoms with Crippen molar-refractivity contribution >= 4 is 23.3 Å². The highest BCUT2D eigenvalue weighted by Gasteiger charge is 2.23. The van der Waals surface area contributed by atoms with Crippen LogP contribution in [0.3, 0.4) is 0 Å². The Morgan fingerprint density at radius 3 is 3.00 bits per heavy atom. The molecule has 3 N–H and O–H groups in total. The first-order chi connectivity index (χ1) is 11.5. The van der Waals surface area contributed by atoms with Gasteiger partial charge in [-0.15, -0.1) is 0 Å². The Kier molecular flexibility index (Phi) is 5.06. The van der Waals surface area contributed by atoms with E-state index < -0.39 is 0 Å². The Bertz CT molecular complexity index is 731. The van der Waals surface area contributed by atoms with Gasteiger partial charge < -0.3 is 15.7 Å². The number of aromatic nitrogens is 2.